The third-order valence-corrected chi connectivity index (χ3v) is 3.17. The first-order valence-electron chi connectivity index (χ1n) is 6.20. The molecule has 0 aromatic carbocycles. The summed E-state index contributed by atoms with van der Waals surface area (Å²) in [5.74, 6) is 0.921. The molecule has 0 amide bonds. The fourth-order valence-electron chi connectivity index (χ4n) is 2.22. The molecule has 16 heavy (non-hydrogen) atoms. The summed E-state index contributed by atoms with van der Waals surface area (Å²) in [6.07, 6.45) is 11.5. The Morgan fingerprint density at radius 1 is 1.25 bits per heavy atom. The molecule has 3 nitrogen and oxygen atoms in total. The molecule has 0 spiro atoms. The van der Waals surface area contributed by atoms with Gasteiger partial charge in [-0.2, -0.15) is 0 Å². The van der Waals surface area contributed by atoms with Gasteiger partial charge in [0.15, 0.2) is 0 Å². The van der Waals surface area contributed by atoms with Crippen molar-refractivity contribution in [2.75, 3.05) is 0 Å². The number of ether oxygens (including phenoxy) is 1. The highest BCUT2D eigenvalue weighted by atomic mass is 16.5. The normalized spacial score (nSPS) is 18.1. The summed E-state index contributed by atoms with van der Waals surface area (Å²) in [5, 5.41) is 0. The monoisotopic (exact) mass is 220 g/mol. The van der Waals surface area contributed by atoms with Gasteiger partial charge in [0.2, 0.25) is 0 Å². The van der Waals surface area contributed by atoms with Crippen molar-refractivity contribution in [3.05, 3.63) is 24.0 Å². The zero-order chi connectivity index (χ0) is 11.2. The molecule has 1 aromatic heterocycles. The third-order valence-electron chi connectivity index (χ3n) is 3.17. The topological polar surface area (TPSA) is 48.1 Å². The van der Waals surface area contributed by atoms with Crippen molar-refractivity contribution in [2.24, 2.45) is 5.73 Å². The van der Waals surface area contributed by atoms with Crippen LogP contribution in [-0.4, -0.2) is 11.1 Å². The Kier molecular flexibility index (Phi) is 4.17. The van der Waals surface area contributed by atoms with Crippen LogP contribution in [-0.2, 0) is 6.54 Å². The Morgan fingerprint density at radius 3 is 2.69 bits per heavy atom. The van der Waals surface area contributed by atoms with E-state index in [2.05, 4.69) is 4.98 Å². The average molecular weight is 220 g/mol. The van der Waals surface area contributed by atoms with Gasteiger partial charge in [0, 0.05) is 24.5 Å². The number of nitrogens with zero attached hydrogens (tertiary/aromatic N) is 1. The predicted molar refractivity (Wildman–Crippen MR) is 64.2 cm³/mol. The highest BCUT2D eigenvalue weighted by molar-refractivity contribution is 5.29. The van der Waals surface area contributed by atoms with Crippen molar-refractivity contribution in [3.63, 3.8) is 0 Å². The lowest BCUT2D eigenvalue weighted by Gasteiger charge is -2.18. The van der Waals surface area contributed by atoms with Crippen LogP contribution >= 0.6 is 0 Å². The van der Waals surface area contributed by atoms with Gasteiger partial charge in [-0.05, 0) is 31.7 Å². The van der Waals surface area contributed by atoms with E-state index in [4.69, 9.17) is 10.5 Å². The Balaban J connectivity index is 2.01. The molecular formula is C13H20N2O. The van der Waals surface area contributed by atoms with Crippen LogP contribution in [0, 0.1) is 0 Å². The van der Waals surface area contributed by atoms with Crippen LogP contribution in [0.25, 0.3) is 0 Å². The van der Waals surface area contributed by atoms with Crippen LogP contribution in [0.5, 0.6) is 5.75 Å². The van der Waals surface area contributed by atoms with Crippen molar-refractivity contribution in [1.29, 1.82) is 0 Å². The summed E-state index contributed by atoms with van der Waals surface area (Å²) >= 11 is 0. The molecule has 1 heterocycles. The summed E-state index contributed by atoms with van der Waals surface area (Å²) in [5.41, 5.74) is 6.67. The average Bonchev–Trinajstić information content (AvgIpc) is 2.58. The Bertz CT molecular complexity index is 319. The summed E-state index contributed by atoms with van der Waals surface area (Å²) in [7, 11) is 0. The van der Waals surface area contributed by atoms with E-state index in [-0.39, 0.29) is 0 Å². The van der Waals surface area contributed by atoms with Crippen LogP contribution in [0.3, 0.4) is 0 Å². The number of pyridine rings is 1. The van der Waals surface area contributed by atoms with E-state index in [1.54, 1.807) is 12.4 Å². The first kappa shape index (κ1) is 11.4. The lowest BCUT2D eigenvalue weighted by molar-refractivity contribution is 0.182. The molecule has 88 valence electrons. The van der Waals surface area contributed by atoms with Gasteiger partial charge >= 0.3 is 0 Å². The number of aromatic nitrogens is 1. The van der Waals surface area contributed by atoms with Crippen LogP contribution in [0.2, 0.25) is 0 Å². The zero-order valence-corrected chi connectivity index (χ0v) is 9.69. The van der Waals surface area contributed by atoms with E-state index in [1.807, 2.05) is 6.07 Å². The number of nitrogens with two attached hydrogens (primary N) is 1. The second-order valence-electron chi connectivity index (χ2n) is 4.42. The van der Waals surface area contributed by atoms with Crippen LogP contribution in [0.15, 0.2) is 18.5 Å². The molecule has 1 aliphatic rings. The lowest BCUT2D eigenvalue weighted by Crippen LogP contribution is -2.16. The number of rotatable bonds is 3. The van der Waals surface area contributed by atoms with E-state index in [1.165, 1.54) is 38.5 Å². The van der Waals surface area contributed by atoms with Gasteiger partial charge in [-0.15, -0.1) is 0 Å². The van der Waals surface area contributed by atoms with Crippen molar-refractivity contribution in [2.45, 2.75) is 51.2 Å². The molecule has 1 aromatic rings. The molecule has 1 saturated carbocycles. The molecule has 0 bridgehead atoms. The van der Waals surface area contributed by atoms with E-state index < -0.39 is 0 Å². The smallest absolute Gasteiger partial charge is 0.127 e. The quantitative estimate of drug-likeness (QED) is 0.797. The summed E-state index contributed by atoms with van der Waals surface area (Å²) in [4.78, 5) is 4.07. The van der Waals surface area contributed by atoms with Crippen LogP contribution in [0.1, 0.15) is 44.1 Å². The Morgan fingerprint density at radius 2 is 2.00 bits per heavy atom. The highest BCUT2D eigenvalue weighted by Crippen LogP contribution is 2.24. The van der Waals surface area contributed by atoms with Gasteiger partial charge in [-0.25, -0.2) is 0 Å². The summed E-state index contributed by atoms with van der Waals surface area (Å²) < 4.78 is 6.04. The minimum Gasteiger partial charge on any atom is -0.490 e. The molecule has 0 radical (unpaired) electrons. The van der Waals surface area contributed by atoms with E-state index in [0.717, 1.165) is 11.3 Å². The van der Waals surface area contributed by atoms with Gasteiger partial charge in [0.05, 0.1) is 6.10 Å². The van der Waals surface area contributed by atoms with Gasteiger partial charge in [-0.3, -0.25) is 4.98 Å². The maximum Gasteiger partial charge on any atom is 0.127 e. The zero-order valence-electron chi connectivity index (χ0n) is 9.69. The Labute approximate surface area is 97.0 Å². The maximum absolute atomic E-state index is 6.04. The summed E-state index contributed by atoms with van der Waals surface area (Å²) in [6, 6.07) is 1.92. The van der Waals surface area contributed by atoms with Crippen LogP contribution < -0.4 is 10.5 Å². The van der Waals surface area contributed by atoms with Crippen molar-refractivity contribution in [3.8, 4) is 5.75 Å². The standard InChI is InChI=1S/C13H20N2O/c14-9-11-10-15-8-7-13(11)16-12-5-3-1-2-4-6-12/h7-8,10,12H,1-6,9,14H2. The maximum atomic E-state index is 6.04. The molecule has 2 N–H and O–H groups in total. The van der Waals surface area contributed by atoms with Gasteiger partial charge in [0.1, 0.15) is 5.75 Å². The molecule has 0 saturated heterocycles. The summed E-state index contributed by atoms with van der Waals surface area (Å²) in [6.45, 7) is 0.496. The SMILES string of the molecule is NCc1cnccc1OC1CCCCCC1. The largest absolute Gasteiger partial charge is 0.490 e. The molecule has 1 fully saturated rings. The van der Waals surface area contributed by atoms with Gasteiger partial charge in [-0.1, -0.05) is 12.8 Å². The van der Waals surface area contributed by atoms with E-state index >= 15 is 0 Å². The first-order valence-corrected chi connectivity index (χ1v) is 6.20. The number of hydrogen-bond donors (Lipinski definition) is 1. The van der Waals surface area contributed by atoms with Gasteiger partial charge in [0.25, 0.3) is 0 Å². The molecule has 0 unspecified atom stereocenters. The molecule has 0 atom stereocenters. The van der Waals surface area contributed by atoms with Crippen molar-refractivity contribution in [1.82, 2.24) is 4.98 Å². The molecule has 3 heteroatoms. The predicted octanol–water partition coefficient (Wildman–Crippen LogP) is 2.64. The van der Waals surface area contributed by atoms with E-state index in [0.29, 0.717) is 12.6 Å². The minimum absolute atomic E-state index is 0.371. The fraction of sp³-hybridized carbons (Fsp3) is 0.615. The van der Waals surface area contributed by atoms with E-state index in [9.17, 15) is 0 Å². The highest BCUT2D eigenvalue weighted by Gasteiger charge is 2.14. The minimum atomic E-state index is 0.371. The van der Waals surface area contributed by atoms with Crippen LogP contribution in [0.4, 0.5) is 0 Å². The van der Waals surface area contributed by atoms with Gasteiger partial charge < -0.3 is 10.5 Å². The molecule has 1 aliphatic carbocycles. The molecular weight excluding hydrogens is 200 g/mol. The second-order valence-corrected chi connectivity index (χ2v) is 4.42. The first-order chi connectivity index (χ1) is 7.90. The van der Waals surface area contributed by atoms with Crippen molar-refractivity contribution >= 4 is 0 Å². The third kappa shape index (κ3) is 2.95. The number of hydrogen-bond acceptors (Lipinski definition) is 3. The fourth-order valence-corrected chi connectivity index (χ4v) is 2.22. The lowest BCUT2D eigenvalue weighted by atomic mass is 10.1. The molecule has 0 aliphatic heterocycles. The van der Waals surface area contributed by atoms with Crippen molar-refractivity contribution < 1.29 is 4.74 Å². The molecule has 2 rings (SSSR count). The Hall–Kier alpha value is -1.09. The second kappa shape index (κ2) is 5.85.